The van der Waals surface area contributed by atoms with E-state index in [-0.39, 0.29) is 5.69 Å². The lowest BCUT2D eigenvalue weighted by Crippen LogP contribution is -2.53. The summed E-state index contributed by atoms with van der Waals surface area (Å²) < 4.78 is 5.40. The lowest BCUT2D eigenvalue weighted by molar-refractivity contribution is 0.115. The van der Waals surface area contributed by atoms with Gasteiger partial charge in [-0.25, -0.2) is 0 Å². The summed E-state index contributed by atoms with van der Waals surface area (Å²) in [6.07, 6.45) is 5.70. The molecule has 8 heteroatoms. The Labute approximate surface area is 173 Å². The molecule has 2 saturated heterocycles. The van der Waals surface area contributed by atoms with Gasteiger partial charge in [-0.05, 0) is 44.2 Å². The normalized spacial score (nSPS) is 20.4. The van der Waals surface area contributed by atoms with E-state index in [1.165, 1.54) is 32.1 Å². The van der Waals surface area contributed by atoms with Crippen LogP contribution in [0.25, 0.3) is 5.57 Å². The summed E-state index contributed by atoms with van der Waals surface area (Å²) in [5.74, 6) is 0.473. The van der Waals surface area contributed by atoms with Crippen LogP contribution in [0.15, 0.2) is 28.5 Å². The first-order valence-electron chi connectivity index (χ1n) is 10.2. The van der Waals surface area contributed by atoms with Crippen molar-refractivity contribution in [3.8, 4) is 5.75 Å². The minimum atomic E-state index is 0.264. The van der Waals surface area contributed by atoms with Gasteiger partial charge >= 0.3 is 0 Å². The maximum atomic E-state index is 11.3. The van der Waals surface area contributed by atoms with Gasteiger partial charge in [0.15, 0.2) is 5.69 Å². The predicted molar refractivity (Wildman–Crippen MR) is 119 cm³/mol. The topological polar surface area (TPSA) is 86.8 Å². The number of benzene rings is 1. The highest BCUT2D eigenvalue weighted by atomic mass is 16.5. The lowest BCUT2D eigenvalue weighted by Gasteiger charge is -2.43. The van der Waals surface area contributed by atoms with Crippen molar-refractivity contribution in [3.05, 3.63) is 28.8 Å². The van der Waals surface area contributed by atoms with Gasteiger partial charge in [-0.3, -0.25) is 9.89 Å². The minimum Gasteiger partial charge on any atom is -0.494 e. The molecule has 2 aliphatic heterocycles. The molecule has 0 spiro atoms. The Bertz CT molecular complexity index is 763. The molecule has 0 atom stereocenters. The van der Waals surface area contributed by atoms with Crippen LogP contribution in [0.1, 0.15) is 18.4 Å². The highest BCUT2D eigenvalue weighted by Gasteiger charge is 2.28. The Morgan fingerprint density at radius 2 is 1.86 bits per heavy atom. The molecule has 0 aliphatic carbocycles. The quantitative estimate of drug-likeness (QED) is 0.582. The number of nitrogens with two attached hydrogens (primary N) is 1. The Balaban J connectivity index is 1.83. The van der Waals surface area contributed by atoms with E-state index in [1.807, 2.05) is 6.07 Å². The molecule has 2 N–H and O–H groups in total. The molecule has 2 fully saturated rings. The molecule has 3 rings (SSSR count). The van der Waals surface area contributed by atoms with Gasteiger partial charge in [-0.15, -0.1) is 4.91 Å². The molecule has 1 aromatic carbocycles. The van der Waals surface area contributed by atoms with Crippen LogP contribution in [0, 0.1) is 4.91 Å². The zero-order chi connectivity index (χ0) is 20.8. The summed E-state index contributed by atoms with van der Waals surface area (Å²) >= 11 is 0. The van der Waals surface area contributed by atoms with Crippen LogP contribution in [0.3, 0.4) is 0 Å². The van der Waals surface area contributed by atoms with Gasteiger partial charge in [0.05, 0.1) is 7.11 Å². The van der Waals surface area contributed by atoms with Gasteiger partial charge in [0.1, 0.15) is 5.75 Å². The van der Waals surface area contributed by atoms with Crippen LogP contribution in [0.5, 0.6) is 5.75 Å². The predicted octanol–water partition coefficient (Wildman–Crippen LogP) is 2.31. The fourth-order valence-electron chi connectivity index (χ4n) is 4.31. The molecule has 2 heterocycles. The zero-order valence-electron chi connectivity index (χ0n) is 17.7. The smallest absolute Gasteiger partial charge is 0.150 e. The summed E-state index contributed by atoms with van der Waals surface area (Å²) in [7, 11) is 5.45. The Morgan fingerprint density at radius 3 is 2.41 bits per heavy atom. The van der Waals surface area contributed by atoms with Crippen LogP contribution in [0.4, 0.5) is 11.4 Å². The average Bonchev–Trinajstić information content (AvgIpc) is 2.77. The van der Waals surface area contributed by atoms with Gasteiger partial charge in [0, 0.05) is 74.6 Å². The third-order valence-corrected chi connectivity index (χ3v) is 6.01. The summed E-state index contributed by atoms with van der Waals surface area (Å²) in [6, 6.07) is 4.31. The number of nitrogens with zero attached hydrogens (tertiary/aromatic N) is 5. The van der Waals surface area contributed by atoms with E-state index >= 15 is 0 Å². The zero-order valence-corrected chi connectivity index (χ0v) is 17.7. The van der Waals surface area contributed by atoms with Gasteiger partial charge < -0.3 is 20.3 Å². The summed E-state index contributed by atoms with van der Waals surface area (Å²) in [6.45, 7) is 6.22. The van der Waals surface area contributed by atoms with Crippen molar-refractivity contribution in [1.29, 1.82) is 0 Å². The van der Waals surface area contributed by atoms with Crippen molar-refractivity contribution in [2.45, 2.75) is 18.9 Å². The van der Waals surface area contributed by atoms with Crippen LogP contribution < -0.4 is 15.4 Å². The van der Waals surface area contributed by atoms with Crippen molar-refractivity contribution in [1.82, 2.24) is 9.80 Å². The minimum absolute atomic E-state index is 0.264. The third-order valence-electron chi connectivity index (χ3n) is 6.01. The fraction of sp³-hybridized carbons (Fsp3) is 0.571. The van der Waals surface area contributed by atoms with Crippen molar-refractivity contribution < 1.29 is 4.74 Å². The van der Waals surface area contributed by atoms with E-state index in [4.69, 9.17) is 10.5 Å². The first-order chi connectivity index (χ1) is 14.1. The second kappa shape index (κ2) is 9.84. The molecule has 8 nitrogen and oxygen atoms in total. The number of methoxy groups -OCH3 is 1. The van der Waals surface area contributed by atoms with E-state index < -0.39 is 0 Å². The molecule has 2 aliphatic rings. The molecule has 158 valence electrons. The maximum absolute atomic E-state index is 11.3. The van der Waals surface area contributed by atoms with Crippen molar-refractivity contribution in [2.24, 2.45) is 15.9 Å². The molecule has 0 aromatic heterocycles. The Morgan fingerprint density at radius 1 is 1.17 bits per heavy atom. The summed E-state index contributed by atoms with van der Waals surface area (Å²) in [5, 5.41) is 3.13. The van der Waals surface area contributed by atoms with Crippen LogP contribution in [0.2, 0.25) is 0 Å². The standard InChI is InChI=1S/C21H32N6O2/c1-23-15-16(14-22)18-12-19(24-28)21(29-3)13-20(18)27-10-8-26(9-11-27)17-4-6-25(2)7-5-17/h12-15,17H,4-11,22H2,1-3H3. The summed E-state index contributed by atoms with van der Waals surface area (Å²) in [4.78, 5) is 22.8. The highest BCUT2D eigenvalue weighted by Crippen LogP contribution is 2.38. The molecule has 0 unspecified atom stereocenters. The maximum Gasteiger partial charge on any atom is 0.150 e. The van der Waals surface area contributed by atoms with Crippen molar-refractivity contribution in [2.75, 3.05) is 65.4 Å². The number of rotatable bonds is 6. The first kappa shape index (κ1) is 21.3. The number of likely N-dealkylation sites (tertiary alicyclic amines) is 1. The number of piperazine rings is 1. The number of hydrogen-bond acceptors (Lipinski definition) is 8. The SMILES string of the molecule is CN=CC(=CN)c1cc(N=O)c(OC)cc1N1CCN(C2CCN(C)CC2)CC1. The second-order valence-corrected chi connectivity index (χ2v) is 7.70. The number of hydrogen-bond donors (Lipinski definition) is 1. The van der Waals surface area contributed by atoms with Crippen molar-refractivity contribution >= 4 is 23.2 Å². The van der Waals surface area contributed by atoms with Gasteiger partial charge in [-0.1, -0.05) is 0 Å². The number of allylic oxidation sites excluding steroid dienone is 1. The summed E-state index contributed by atoms with van der Waals surface area (Å²) in [5.41, 5.74) is 8.72. The van der Waals surface area contributed by atoms with Crippen molar-refractivity contribution in [3.63, 3.8) is 0 Å². The number of nitroso groups, excluding NO2 is 1. The first-order valence-corrected chi connectivity index (χ1v) is 10.2. The fourth-order valence-corrected chi connectivity index (χ4v) is 4.31. The Hall–Kier alpha value is -2.45. The highest BCUT2D eigenvalue weighted by molar-refractivity contribution is 6.12. The molecule has 0 saturated carbocycles. The van der Waals surface area contributed by atoms with Crippen LogP contribution in [-0.4, -0.2) is 82.5 Å². The van der Waals surface area contributed by atoms with Gasteiger partial charge in [0.25, 0.3) is 0 Å². The number of ether oxygens (including phenoxy) is 1. The van der Waals surface area contributed by atoms with E-state index in [9.17, 15) is 4.91 Å². The second-order valence-electron chi connectivity index (χ2n) is 7.70. The third kappa shape index (κ3) is 4.76. The van der Waals surface area contributed by atoms with E-state index in [0.717, 1.165) is 43.0 Å². The van der Waals surface area contributed by atoms with Crippen LogP contribution in [-0.2, 0) is 0 Å². The largest absolute Gasteiger partial charge is 0.494 e. The number of piperidine rings is 1. The number of aliphatic imine (C=N–C) groups is 1. The lowest BCUT2D eigenvalue weighted by atomic mass is 10.0. The van der Waals surface area contributed by atoms with Gasteiger partial charge in [0.2, 0.25) is 0 Å². The Kier molecular flexibility index (Phi) is 7.22. The van der Waals surface area contributed by atoms with Crippen LogP contribution >= 0.6 is 0 Å². The monoisotopic (exact) mass is 400 g/mol. The van der Waals surface area contributed by atoms with E-state index in [2.05, 4.69) is 31.9 Å². The average molecular weight is 401 g/mol. The molecule has 0 bridgehead atoms. The molecule has 0 amide bonds. The molecule has 0 radical (unpaired) electrons. The molecule has 29 heavy (non-hydrogen) atoms. The van der Waals surface area contributed by atoms with Gasteiger partial charge in [-0.2, -0.15) is 0 Å². The molecule has 1 aromatic rings. The molecular weight excluding hydrogens is 368 g/mol. The number of anilines is 1. The molecular formula is C21H32N6O2. The van der Waals surface area contributed by atoms with E-state index in [1.54, 1.807) is 26.4 Å². The van der Waals surface area contributed by atoms with E-state index in [0.29, 0.717) is 11.8 Å².